The molecular formula is C12H17F2N. The number of halogens is 2. The van der Waals surface area contributed by atoms with Crippen LogP contribution in [0, 0.1) is 0 Å². The second-order valence-electron chi connectivity index (χ2n) is 4.24. The average molecular weight is 213 g/mol. The van der Waals surface area contributed by atoms with Gasteiger partial charge >= 0.3 is 0 Å². The van der Waals surface area contributed by atoms with E-state index >= 15 is 0 Å². The van der Waals surface area contributed by atoms with E-state index in [2.05, 4.69) is 0 Å². The SMILES string of the molecule is CC(N)Cc1ccc(CC(C)(F)F)cc1. The maximum absolute atomic E-state index is 12.7. The normalized spacial score (nSPS) is 13.9. The molecule has 0 heterocycles. The van der Waals surface area contributed by atoms with Crippen LogP contribution in [-0.2, 0) is 12.8 Å². The molecule has 0 saturated heterocycles. The molecule has 3 heteroatoms. The molecule has 0 amide bonds. The molecule has 1 unspecified atom stereocenters. The van der Waals surface area contributed by atoms with E-state index in [0.717, 1.165) is 18.9 Å². The topological polar surface area (TPSA) is 26.0 Å². The molecule has 0 fully saturated rings. The molecule has 0 aromatic heterocycles. The van der Waals surface area contributed by atoms with Gasteiger partial charge in [0.05, 0.1) is 0 Å². The lowest BCUT2D eigenvalue weighted by atomic mass is 10.0. The number of alkyl halides is 2. The first-order chi connectivity index (χ1) is 6.87. The molecule has 0 saturated carbocycles. The summed E-state index contributed by atoms with van der Waals surface area (Å²) in [6.07, 6.45) is 0.578. The lowest BCUT2D eigenvalue weighted by Gasteiger charge is -2.11. The van der Waals surface area contributed by atoms with Crippen molar-refractivity contribution in [3.8, 4) is 0 Å². The van der Waals surface area contributed by atoms with E-state index in [1.54, 1.807) is 12.1 Å². The molecule has 1 aromatic carbocycles. The van der Waals surface area contributed by atoms with Crippen molar-refractivity contribution in [2.24, 2.45) is 5.73 Å². The zero-order valence-corrected chi connectivity index (χ0v) is 9.13. The highest BCUT2D eigenvalue weighted by Crippen LogP contribution is 2.19. The first kappa shape index (κ1) is 12.1. The Morgan fingerprint density at radius 2 is 1.67 bits per heavy atom. The Labute approximate surface area is 89.3 Å². The summed E-state index contributed by atoms with van der Waals surface area (Å²) in [7, 11) is 0. The van der Waals surface area contributed by atoms with Crippen LogP contribution in [0.1, 0.15) is 25.0 Å². The predicted molar refractivity (Wildman–Crippen MR) is 58.1 cm³/mol. The predicted octanol–water partition coefficient (Wildman–Crippen LogP) is 2.77. The van der Waals surface area contributed by atoms with Gasteiger partial charge in [0.15, 0.2) is 0 Å². The Morgan fingerprint density at radius 1 is 1.20 bits per heavy atom. The summed E-state index contributed by atoms with van der Waals surface area (Å²) >= 11 is 0. The van der Waals surface area contributed by atoms with Gasteiger partial charge in [-0.1, -0.05) is 24.3 Å². The number of rotatable bonds is 4. The third-order valence-electron chi connectivity index (χ3n) is 2.10. The number of nitrogens with two attached hydrogens (primary N) is 1. The Balaban J connectivity index is 2.64. The van der Waals surface area contributed by atoms with E-state index in [4.69, 9.17) is 5.73 Å². The third-order valence-corrected chi connectivity index (χ3v) is 2.10. The molecule has 0 aliphatic carbocycles. The van der Waals surface area contributed by atoms with E-state index < -0.39 is 5.92 Å². The number of benzene rings is 1. The van der Waals surface area contributed by atoms with Crippen molar-refractivity contribution in [1.82, 2.24) is 0 Å². The minimum Gasteiger partial charge on any atom is -0.328 e. The van der Waals surface area contributed by atoms with Crippen molar-refractivity contribution in [2.75, 3.05) is 0 Å². The summed E-state index contributed by atoms with van der Waals surface area (Å²) in [5, 5.41) is 0. The van der Waals surface area contributed by atoms with Crippen LogP contribution in [0.4, 0.5) is 8.78 Å². The fourth-order valence-corrected chi connectivity index (χ4v) is 1.52. The van der Waals surface area contributed by atoms with Crippen LogP contribution in [0.3, 0.4) is 0 Å². The molecule has 1 rings (SSSR count). The quantitative estimate of drug-likeness (QED) is 0.817. The molecule has 1 atom stereocenters. The monoisotopic (exact) mass is 213 g/mol. The van der Waals surface area contributed by atoms with Gasteiger partial charge in [-0.05, 0) is 31.4 Å². The van der Waals surface area contributed by atoms with Crippen LogP contribution in [0.2, 0.25) is 0 Å². The molecule has 0 spiro atoms. The van der Waals surface area contributed by atoms with Crippen molar-refractivity contribution in [3.63, 3.8) is 0 Å². The van der Waals surface area contributed by atoms with Gasteiger partial charge in [0.1, 0.15) is 0 Å². The summed E-state index contributed by atoms with van der Waals surface area (Å²) in [6.45, 7) is 2.86. The van der Waals surface area contributed by atoms with Gasteiger partial charge in [0.2, 0.25) is 5.92 Å². The lowest BCUT2D eigenvalue weighted by Crippen LogP contribution is -2.18. The summed E-state index contributed by atoms with van der Waals surface area (Å²) in [6, 6.07) is 7.32. The number of hydrogen-bond donors (Lipinski definition) is 1. The molecule has 84 valence electrons. The van der Waals surface area contributed by atoms with Crippen molar-refractivity contribution in [2.45, 2.75) is 38.7 Å². The fourth-order valence-electron chi connectivity index (χ4n) is 1.52. The summed E-state index contributed by atoms with van der Waals surface area (Å²) < 4.78 is 25.4. The van der Waals surface area contributed by atoms with Crippen molar-refractivity contribution in [3.05, 3.63) is 35.4 Å². The molecule has 0 radical (unpaired) electrons. The highest BCUT2D eigenvalue weighted by atomic mass is 19.3. The van der Waals surface area contributed by atoms with Crippen LogP contribution in [0.25, 0.3) is 0 Å². The lowest BCUT2D eigenvalue weighted by molar-refractivity contribution is 0.0226. The summed E-state index contributed by atoms with van der Waals surface area (Å²) in [4.78, 5) is 0. The van der Waals surface area contributed by atoms with Gasteiger partial charge in [-0.3, -0.25) is 0 Å². The van der Waals surface area contributed by atoms with E-state index in [9.17, 15) is 8.78 Å². The fraction of sp³-hybridized carbons (Fsp3) is 0.500. The Morgan fingerprint density at radius 3 is 2.07 bits per heavy atom. The van der Waals surface area contributed by atoms with Crippen LogP contribution < -0.4 is 5.73 Å². The van der Waals surface area contributed by atoms with Crippen molar-refractivity contribution < 1.29 is 8.78 Å². The minimum absolute atomic E-state index is 0.100. The van der Waals surface area contributed by atoms with Gasteiger partial charge in [0.25, 0.3) is 0 Å². The highest BCUT2D eigenvalue weighted by Gasteiger charge is 2.21. The Kier molecular flexibility index (Phi) is 3.80. The molecule has 15 heavy (non-hydrogen) atoms. The van der Waals surface area contributed by atoms with Crippen molar-refractivity contribution in [1.29, 1.82) is 0 Å². The van der Waals surface area contributed by atoms with E-state index in [-0.39, 0.29) is 12.5 Å². The van der Waals surface area contributed by atoms with Gasteiger partial charge in [-0.15, -0.1) is 0 Å². The van der Waals surface area contributed by atoms with Crippen molar-refractivity contribution >= 4 is 0 Å². The largest absolute Gasteiger partial charge is 0.328 e. The molecule has 0 aliphatic heterocycles. The van der Waals surface area contributed by atoms with Gasteiger partial charge in [0, 0.05) is 12.5 Å². The summed E-state index contributed by atoms with van der Waals surface area (Å²) in [5.41, 5.74) is 7.40. The maximum Gasteiger partial charge on any atom is 0.249 e. The molecule has 0 aliphatic rings. The second-order valence-corrected chi connectivity index (χ2v) is 4.24. The van der Waals surface area contributed by atoms with Crippen LogP contribution in [0.15, 0.2) is 24.3 Å². The first-order valence-electron chi connectivity index (χ1n) is 5.08. The summed E-state index contributed by atoms with van der Waals surface area (Å²) in [5.74, 6) is -2.64. The van der Waals surface area contributed by atoms with Gasteiger partial charge < -0.3 is 5.73 Å². The molecule has 1 aromatic rings. The smallest absolute Gasteiger partial charge is 0.249 e. The molecule has 0 bridgehead atoms. The van der Waals surface area contributed by atoms with Crippen LogP contribution >= 0.6 is 0 Å². The van der Waals surface area contributed by atoms with Crippen LogP contribution in [-0.4, -0.2) is 12.0 Å². The Bertz CT molecular complexity index is 298. The highest BCUT2D eigenvalue weighted by molar-refractivity contribution is 5.23. The van der Waals surface area contributed by atoms with Gasteiger partial charge in [-0.2, -0.15) is 0 Å². The standard InChI is InChI=1S/C12H17F2N/c1-9(15)7-10-3-5-11(6-4-10)8-12(2,13)14/h3-6,9H,7-8,15H2,1-2H3. The van der Waals surface area contributed by atoms with Crippen LogP contribution in [0.5, 0.6) is 0 Å². The number of hydrogen-bond acceptors (Lipinski definition) is 1. The average Bonchev–Trinajstić information content (AvgIpc) is 2.05. The zero-order chi connectivity index (χ0) is 11.5. The molecule has 2 N–H and O–H groups in total. The van der Waals surface area contributed by atoms with E-state index in [0.29, 0.717) is 5.56 Å². The maximum atomic E-state index is 12.7. The zero-order valence-electron chi connectivity index (χ0n) is 9.13. The Hall–Kier alpha value is -0.960. The minimum atomic E-state index is -2.64. The van der Waals surface area contributed by atoms with Gasteiger partial charge in [-0.25, -0.2) is 8.78 Å². The second kappa shape index (κ2) is 4.71. The third kappa shape index (κ3) is 4.88. The molecular weight excluding hydrogens is 196 g/mol. The first-order valence-corrected chi connectivity index (χ1v) is 5.08. The molecule has 1 nitrogen and oxygen atoms in total. The van der Waals surface area contributed by atoms with E-state index in [1.165, 1.54) is 0 Å². The van der Waals surface area contributed by atoms with E-state index in [1.807, 2.05) is 19.1 Å².